The van der Waals surface area contributed by atoms with Crippen LogP contribution in [-0.2, 0) is 16.6 Å². The number of hydrogen-bond acceptors (Lipinski definition) is 4. The van der Waals surface area contributed by atoms with Crippen LogP contribution in [0.1, 0.15) is 18.9 Å². The van der Waals surface area contributed by atoms with Crippen molar-refractivity contribution in [3.8, 4) is 0 Å². The van der Waals surface area contributed by atoms with Crippen LogP contribution in [0.3, 0.4) is 0 Å². The van der Waals surface area contributed by atoms with Gasteiger partial charge in [-0.3, -0.25) is 9.82 Å². The van der Waals surface area contributed by atoms with Crippen molar-refractivity contribution in [1.29, 1.82) is 0 Å². The van der Waals surface area contributed by atoms with Crippen molar-refractivity contribution in [3.63, 3.8) is 0 Å². The van der Waals surface area contributed by atoms with Gasteiger partial charge in [0, 0.05) is 12.2 Å². The van der Waals surface area contributed by atoms with Crippen LogP contribution in [0.25, 0.3) is 0 Å². The zero-order valence-electron chi connectivity index (χ0n) is 11.3. The molecule has 20 heavy (non-hydrogen) atoms. The first-order chi connectivity index (χ1) is 9.62. The molecule has 3 N–H and O–H groups in total. The quantitative estimate of drug-likeness (QED) is 0.678. The average molecular weight is 294 g/mol. The van der Waals surface area contributed by atoms with E-state index in [4.69, 9.17) is 0 Å². The highest BCUT2D eigenvalue weighted by Gasteiger charge is 2.15. The van der Waals surface area contributed by atoms with E-state index in [2.05, 4.69) is 27.2 Å². The first-order valence-electron chi connectivity index (χ1n) is 6.43. The third kappa shape index (κ3) is 3.82. The summed E-state index contributed by atoms with van der Waals surface area (Å²) in [5, 5.41) is 9.40. The van der Waals surface area contributed by atoms with Gasteiger partial charge in [0.1, 0.15) is 0 Å². The van der Waals surface area contributed by atoms with E-state index in [-0.39, 0.29) is 5.03 Å². The van der Waals surface area contributed by atoms with Crippen LogP contribution in [0.15, 0.2) is 41.6 Å². The number of nitrogens with one attached hydrogen (secondary N) is 3. The van der Waals surface area contributed by atoms with Gasteiger partial charge in [0.15, 0.2) is 5.03 Å². The molecule has 2 aromatic rings. The summed E-state index contributed by atoms with van der Waals surface area (Å²) in [7, 11) is -3.59. The number of aromatic amines is 1. The summed E-state index contributed by atoms with van der Waals surface area (Å²) in [6, 6.07) is 8.69. The lowest BCUT2D eigenvalue weighted by atomic mass is 10.2. The number of nitrogens with zero attached hydrogens (tertiary/aromatic N) is 1. The Morgan fingerprint density at radius 1 is 1.20 bits per heavy atom. The third-order valence-electron chi connectivity index (χ3n) is 2.73. The lowest BCUT2D eigenvalue weighted by Crippen LogP contribution is -2.15. The smallest absolute Gasteiger partial charge is 0.278 e. The van der Waals surface area contributed by atoms with Gasteiger partial charge < -0.3 is 5.32 Å². The van der Waals surface area contributed by atoms with Crippen molar-refractivity contribution in [1.82, 2.24) is 15.5 Å². The summed E-state index contributed by atoms with van der Waals surface area (Å²) in [6.07, 6.45) is 2.49. The van der Waals surface area contributed by atoms with E-state index in [0.717, 1.165) is 25.1 Å². The topological polar surface area (TPSA) is 86.9 Å². The van der Waals surface area contributed by atoms with Crippen molar-refractivity contribution in [2.75, 3.05) is 11.3 Å². The number of benzene rings is 1. The van der Waals surface area contributed by atoms with Gasteiger partial charge in [-0.15, -0.1) is 0 Å². The molecule has 0 aliphatic heterocycles. The summed E-state index contributed by atoms with van der Waals surface area (Å²) in [4.78, 5) is 0. The van der Waals surface area contributed by atoms with Crippen LogP contribution in [0.4, 0.5) is 5.69 Å². The van der Waals surface area contributed by atoms with Crippen molar-refractivity contribution >= 4 is 15.7 Å². The molecule has 0 saturated carbocycles. The van der Waals surface area contributed by atoms with Crippen molar-refractivity contribution in [3.05, 3.63) is 42.1 Å². The van der Waals surface area contributed by atoms with Crippen LogP contribution in [0.5, 0.6) is 0 Å². The fourth-order valence-corrected chi connectivity index (χ4v) is 2.67. The molecule has 0 bridgehead atoms. The molecule has 1 aromatic carbocycles. The van der Waals surface area contributed by atoms with Gasteiger partial charge >= 0.3 is 0 Å². The summed E-state index contributed by atoms with van der Waals surface area (Å²) in [6.45, 7) is 3.86. The zero-order chi connectivity index (χ0) is 14.4. The lowest BCUT2D eigenvalue weighted by Gasteiger charge is -2.08. The molecule has 1 heterocycles. The Bertz CT molecular complexity index is 621. The fourth-order valence-electron chi connectivity index (χ4n) is 1.70. The maximum atomic E-state index is 12.0. The Balaban J connectivity index is 2.00. The molecule has 6 nitrogen and oxygen atoms in total. The average Bonchev–Trinajstić information content (AvgIpc) is 2.95. The van der Waals surface area contributed by atoms with Gasteiger partial charge in [-0.25, -0.2) is 0 Å². The van der Waals surface area contributed by atoms with Gasteiger partial charge in [0.2, 0.25) is 0 Å². The minimum absolute atomic E-state index is 0.0474. The van der Waals surface area contributed by atoms with Crippen molar-refractivity contribution in [2.24, 2.45) is 0 Å². The lowest BCUT2D eigenvalue weighted by molar-refractivity contribution is 0.597. The Hall–Kier alpha value is -1.86. The molecule has 1 aromatic heterocycles. The molecule has 2 rings (SSSR count). The largest absolute Gasteiger partial charge is 0.313 e. The first-order valence-corrected chi connectivity index (χ1v) is 7.92. The molecule has 7 heteroatoms. The molecule has 0 saturated heterocycles. The normalized spacial score (nSPS) is 11.4. The number of rotatable bonds is 7. The molecule has 0 aliphatic carbocycles. The van der Waals surface area contributed by atoms with Crippen LogP contribution < -0.4 is 10.0 Å². The SMILES string of the molecule is CCCNCc1ccc(NS(=O)(=O)c2ccn[nH]2)cc1. The highest BCUT2D eigenvalue weighted by atomic mass is 32.2. The molecule has 0 fully saturated rings. The van der Waals surface area contributed by atoms with Gasteiger partial charge in [-0.05, 0) is 36.7 Å². The molecule has 0 atom stereocenters. The highest BCUT2D eigenvalue weighted by Crippen LogP contribution is 2.14. The second-order valence-electron chi connectivity index (χ2n) is 4.40. The van der Waals surface area contributed by atoms with E-state index in [1.54, 1.807) is 12.1 Å². The summed E-state index contributed by atoms with van der Waals surface area (Å²) >= 11 is 0. The van der Waals surface area contributed by atoms with E-state index in [1.165, 1.54) is 12.3 Å². The second-order valence-corrected chi connectivity index (χ2v) is 6.05. The molecule has 0 spiro atoms. The molecule has 0 aliphatic rings. The Labute approximate surface area is 118 Å². The minimum atomic E-state index is -3.59. The molecular formula is C13H18N4O2S. The molecule has 0 radical (unpaired) electrons. The van der Waals surface area contributed by atoms with Gasteiger partial charge in [-0.2, -0.15) is 13.5 Å². The van der Waals surface area contributed by atoms with Crippen molar-refractivity contribution < 1.29 is 8.42 Å². The number of sulfonamides is 1. The van der Waals surface area contributed by atoms with E-state index in [9.17, 15) is 8.42 Å². The predicted molar refractivity (Wildman–Crippen MR) is 77.8 cm³/mol. The summed E-state index contributed by atoms with van der Waals surface area (Å²) < 4.78 is 26.4. The minimum Gasteiger partial charge on any atom is -0.313 e. The van der Waals surface area contributed by atoms with Crippen molar-refractivity contribution in [2.45, 2.75) is 24.9 Å². The number of aromatic nitrogens is 2. The van der Waals surface area contributed by atoms with Crippen LogP contribution in [0, 0.1) is 0 Å². The second kappa shape index (κ2) is 6.53. The molecular weight excluding hydrogens is 276 g/mol. The molecule has 108 valence electrons. The van der Waals surface area contributed by atoms with Crippen LogP contribution in [-0.4, -0.2) is 25.2 Å². The van der Waals surface area contributed by atoms with E-state index in [0.29, 0.717) is 5.69 Å². The van der Waals surface area contributed by atoms with E-state index >= 15 is 0 Å². The zero-order valence-corrected chi connectivity index (χ0v) is 12.1. The number of hydrogen-bond donors (Lipinski definition) is 3. The maximum Gasteiger partial charge on any atom is 0.278 e. The standard InChI is InChI=1S/C13H18N4O2S/c1-2-8-14-10-11-3-5-12(6-4-11)17-20(18,19)13-7-9-15-16-13/h3-7,9,14,17H,2,8,10H2,1H3,(H,15,16). The van der Waals surface area contributed by atoms with Crippen LogP contribution >= 0.6 is 0 Å². The monoisotopic (exact) mass is 294 g/mol. The van der Waals surface area contributed by atoms with E-state index < -0.39 is 10.0 Å². The number of anilines is 1. The molecule has 0 amide bonds. The Morgan fingerprint density at radius 3 is 2.55 bits per heavy atom. The predicted octanol–water partition coefficient (Wildman–Crippen LogP) is 1.71. The van der Waals surface area contributed by atoms with Crippen LogP contribution in [0.2, 0.25) is 0 Å². The van der Waals surface area contributed by atoms with Gasteiger partial charge in [0.25, 0.3) is 10.0 Å². The summed E-state index contributed by atoms with van der Waals surface area (Å²) in [5.41, 5.74) is 1.64. The van der Waals surface area contributed by atoms with Gasteiger partial charge in [0.05, 0.1) is 6.20 Å². The highest BCUT2D eigenvalue weighted by molar-refractivity contribution is 7.92. The Kier molecular flexibility index (Phi) is 4.75. The molecule has 0 unspecified atom stereocenters. The fraction of sp³-hybridized carbons (Fsp3) is 0.308. The van der Waals surface area contributed by atoms with Gasteiger partial charge in [-0.1, -0.05) is 19.1 Å². The first kappa shape index (κ1) is 14.5. The maximum absolute atomic E-state index is 12.0. The number of H-pyrrole nitrogens is 1. The summed E-state index contributed by atoms with van der Waals surface area (Å²) in [5.74, 6) is 0. The Morgan fingerprint density at radius 2 is 1.95 bits per heavy atom. The van der Waals surface area contributed by atoms with E-state index in [1.807, 2.05) is 12.1 Å². The third-order valence-corrected chi connectivity index (χ3v) is 4.04.